The predicted octanol–water partition coefficient (Wildman–Crippen LogP) is 2.34. The van der Waals surface area contributed by atoms with Crippen molar-refractivity contribution in [3.8, 4) is 0 Å². The van der Waals surface area contributed by atoms with Crippen LogP contribution in [0.2, 0.25) is 0 Å². The summed E-state index contributed by atoms with van der Waals surface area (Å²) in [5, 5.41) is 4.39. The highest BCUT2D eigenvalue weighted by Gasteiger charge is 2.46. The molecule has 0 saturated heterocycles. The molecule has 1 aromatic rings. The van der Waals surface area contributed by atoms with Gasteiger partial charge in [-0.15, -0.1) is 5.10 Å². The van der Waals surface area contributed by atoms with Gasteiger partial charge in [0.05, 0.1) is 18.9 Å². The van der Waals surface area contributed by atoms with E-state index in [-0.39, 0.29) is 10.4 Å². The average Bonchev–Trinajstić information content (AvgIpc) is 2.65. The van der Waals surface area contributed by atoms with E-state index in [0.29, 0.717) is 5.17 Å². The molecule has 0 bridgehead atoms. The summed E-state index contributed by atoms with van der Waals surface area (Å²) < 4.78 is 0.0609. The summed E-state index contributed by atoms with van der Waals surface area (Å²) in [5.74, 6) is 5.43. The van der Waals surface area contributed by atoms with Crippen LogP contribution in [0.25, 0.3) is 4.91 Å². The number of allylic oxidation sites excluding steroid dienone is 1. The number of quaternary nitrogens is 1. The van der Waals surface area contributed by atoms with Crippen LogP contribution in [0.5, 0.6) is 0 Å². The maximum absolute atomic E-state index is 11.9. The second-order valence-electron chi connectivity index (χ2n) is 4.32. The second-order valence-corrected chi connectivity index (χ2v) is 5.30. The quantitative estimate of drug-likeness (QED) is 0.480. The van der Waals surface area contributed by atoms with Crippen LogP contribution >= 0.6 is 11.8 Å². The molecule has 0 aliphatic carbocycles. The molecule has 4 nitrogen and oxygen atoms in total. The number of rotatable bonds is 1. The average molecular weight is 262 g/mol. The maximum Gasteiger partial charge on any atom is 0.322 e. The van der Waals surface area contributed by atoms with Gasteiger partial charge in [-0.2, -0.15) is 4.48 Å². The molecule has 0 saturated carbocycles. The van der Waals surface area contributed by atoms with Crippen LogP contribution in [0.1, 0.15) is 19.4 Å². The van der Waals surface area contributed by atoms with Crippen LogP contribution in [0.3, 0.4) is 0 Å². The molecule has 1 aromatic carbocycles. The maximum atomic E-state index is 11.9. The van der Waals surface area contributed by atoms with Gasteiger partial charge in [-0.25, -0.2) is 4.79 Å². The number of nitrogens with two attached hydrogens (primary N) is 1. The van der Waals surface area contributed by atoms with Crippen molar-refractivity contribution >= 4 is 27.7 Å². The van der Waals surface area contributed by atoms with Gasteiger partial charge in [0.1, 0.15) is 5.70 Å². The third-order valence-corrected chi connectivity index (χ3v) is 4.74. The number of amidine groups is 1. The van der Waals surface area contributed by atoms with E-state index in [1.165, 1.54) is 11.8 Å². The largest absolute Gasteiger partial charge is 0.322 e. The third kappa shape index (κ3) is 1.76. The summed E-state index contributed by atoms with van der Waals surface area (Å²) in [4.78, 5) is 13.0. The number of hydrogen-bond acceptors (Lipinski definition) is 4. The van der Waals surface area contributed by atoms with Crippen molar-refractivity contribution in [2.45, 2.75) is 13.8 Å². The number of carbonyl (C=O) groups excluding carboxylic acids is 1. The first-order valence-electron chi connectivity index (χ1n) is 5.62. The molecule has 1 amide bonds. The van der Waals surface area contributed by atoms with Gasteiger partial charge < -0.3 is 5.84 Å². The molecule has 5 heteroatoms. The highest BCUT2D eigenvalue weighted by Crippen LogP contribution is 2.44. The lowest BCUT2D eigenvalue weighted by atomic mass is 10.1. The smallest absolute Gasteiger partial charge is 0.317 e. The minimum atomic E-state index is 0.00938. The van der Waals surface area contributed by atoms with Crippen LogP contribution in [-0.2, 0) is 4.79 Å². The van der Waals surface area contributed by atoms with E-state index in [1.807, 2.05) is 44.3 Å². The zero-order valence-electron chi connectivity index (χ0n) is 10.7. The van der Waals surface area contributed by atoms with E-state index in [0.717, 1.165) is 16.2 Å². The normalized spacial score (nSPS) is 25.8. The molecule has 0 spiro atoms. The van der Waals surface area contributed by atoms with E-state index in [2.05, 4.69) is 5.10 Å². The van der Waals surface area contributed by atoms with Gasteiger partial charge in [0.25, 0.3) is 5.17 Å². The fourth-order valence-electron chi connectivity index (χ4n) is 1.97. The van der Waals surface area contributed by atoms with Gasteiger partial charge in [0.15, 0.2) is 0 Å². The zero-order valence-corrected chi connectivity index (χ0v) is 11.5. The minimum absolute atomic E-state index is 0.00938. The van der Waals surface area contributed by atoms with Crippen LogP contribution < -0.4 is 5.84 Å². The Kier molecular flexibility index (Phi) is 3.28. The SMILES string of the molecule is CC(=O)[N+]1(C)C(=NN)SC(c2ccccc2)=C1C. The van der Waals surface area contributed by atoms with Gasteiger partial charge in [-0.3, -0.25) is 0 Å². The number of hydrazone groups is 1. The molecule has 1 unspecified atom stereocenters. The van der Waals surface area contributed by atoms with Crippen molar-refractivity contribution in [1.82, 2.24) is 0 Å². The van der Waals surface area contributed by atoms with E-state index in [9.17, 15) is 4.79 Å². The van der Waals surface area contributed by atoms with Crippen molar-refractivity contribution in [2.75, 3.05) is 7.05 Å². The van der Waals surface area contributed by atoms with Gasteiger partial charge in [0, 0.05) is 6.92 Å². The first kappa shape index (κ1) is 12.9. The zero-order chi connectivity index (χ0) is 13.3. The molecule has 1 aliphatic heterocycles. The van der Waals surface area contributed by atoms with E-state index < -0.39 is 0 Å². The fraction of sp³-hybridized carbons (Fsp3) is 0.231. The molecule has 2 rings (SSSR count). The Bertz CT molecular complexity index is 551. The second kappa shape index (κ2) is 4.59. The van der Waals surface area contributed by atoms with Gasteiger partial charge in [0.2, 0.25) is 0 Å². The van der Waals surface area contributed by atoms with Gasteiger partial charge in [-0.05, 0) is 17.3 Å². The lowest BCUT2D eigenvalue weighted by Crippen LogP contribution is -2.47. The Hall–Kier alpha value is -1.59. The predicted molar refractivity (Wildman–Crippen MR) is 75.1 cm³/mol. The molecular formula is C13H16N3OS+. The summed E-state index contributed by atoms with van der Waals surface area (Å²) >= 11 is 1.46. The number of nitrogens with zero attached hydrogens (tertiary/aromatic N) is 2. The van der Waals surface area contributed by atoms with Crippen LogP contribution in [0, 0.1) is 0 Å². The lowest BCUT2D eigenvalue weighted by molar-refractivity contribution is -0.691. The molecule has 2 N–H and O–H groups in total. The molecule has 0 fully saturated rings. The van der Waals surface area contributed by atoms with Gasteiger partial charge in [-0.1, -0.05) is 30.3 Å². The van der Waals surface area contributed by atoms with Crippen molar-refractivity contribution < 1.29 is 9.28 Å². The highest BCUT2D eigenvalue weighted by atomic mass is 32.2. The first-order chi connectivity index (χ1) is 8.51. The van der Waals surface area contributed by atoms with Crippen molar-refractivity contribution in [2.24, 2.45) is 10.9 Å². The lowest BCUT2D eigenvalue weighted by Gasteiger charge is -2.24. The molecule has 18 heavy (non-hydrogen) atoms. The molecule has 1 aliphatic rings. The van der Waals surface area contributed by atoms with Crippen LogP contribution in [0.15, 0.2) is 41.1 Å². The first-order valence-corrected chi connectivity index (χ1v) is 6.44. The van der Waals surface area contributed by atoms with E-state index >= 15 is 0 Å². The molecule has 94 valence electrons. The number of carbonyl (C=O) groups is 1. The van der Waals surface area contributed by atoms with Crippen molar-refractivity contribution in [3.05, 3.63) is 41.6 Å². The molecule has 1 heterocycles. The molecule has 0 radical (unpaired) electrons. The third-order valence-electron chi connectivity index (χ3n) is 3.35. The van der Waals surface area contributed by atoms with E-state index in [1.54, 1.807) is 6.92 Å². The number of hydrogen-bond donors (Lipinski definition) is 1. The topological polar surface area (TPSA) is 55.5 Å². The Morgan fingerprint density at radius 3 is 2.39 bits per heavy atom. The molecule has 0 aromatic heterocycles. The summed E-state index contributed by atoms with van der Waals surface area (Å²) in [6.07, 6.45) is 0. The molecular weight excluding hydrogens is 246 g/mol. The summed E-state index contributed by atoms with van der Waals surface area (Å²) in [6, 6.07) is 9.97. The Morgan fingerprint density at radius 2 is 1.94 bits per heavy atom. The van der Waals surface area contributed by atoms with Gasteiger partial charge >= 0.3 is 5.91 Å². The number of thioether (sulfide) groups is 1. The Labute approximate surface area is 111 Å². The molecule has 1 atom stereocenters. The van der Waals surface area contributed by atoms with Crippen LogP contribution in [-0.4, -0.2) is 22.6 Å². The summed E-state index contributed by atoms with van der Waals surface area (Å²) in [6.45, 7) is 3.51. The standard InChI is InChI=1S/C13H16N3OS/c1-9-12(11-7-5-4-6-8-11)18-13(15-14)16(9,3)10(2)17/h4-8H,14H2,1-3H3/q+1. The van der Waals surface area contributed by atoms with Crippen molar-refractivity contribution in [3.63, 3.8) is 0 Å². The van der Waals surface area contributed by atoms with Crippen molar-refractivity contribution in [1.29, 1.82) is 0 Å². The fourth-order valence-corrected chi connectivity index (χ4v) is 3.24. The number of benzene rings is 1. The Balaban J connectivity index is 2.58. The summed E-state index contributed by atoms with van der Waals surface area (Å²) in [7, 11) is 1.83. The Morgan fingerprint density at radius 1 is 1.33 bits per heavy atom. The minimum Gasteiger partial charge on any atom is -0.317 e. The highest BCUT2D eigenvalue weighted by molar-refractivity contribution is 8.21. The monoisotopic (exact) mass is 262 g/mol. The van der Waals surface area contributed by atoms with E-state index in [4.69, 9.17) is 5.84 Å². The summed E-state index contributed by atoms with van der Waals surface area (Å²) in [5.41, 5.74) is 2.05. The van der Waals surface area contributed by atoms with Crippen LogP contribution in [0.4, 0.5) is 0 Å². The number of amides is 1.